The molecule has 48 valence electrons. The fraction of sp³-hybridized carbons (Fsp3) is 0.571. The van der Waals surface area contributed by atoms with E-state index in [9.17, 15) is 0 Å². The molecule has 2 rings (SSSR count). The van der Waals surface area contributed by atoms with Gasteiger partial charge in [0.05, 0.1) is 0 Å². The lowest BCUT2D eigenvalue weighted by Gasteiger charge is -2.03. The quantitative estimate of drug-likeness (QED) is 0.495. The first kappa shape index (κ1) is 5.54. The van der Waals surface area contributed by atoms with E-state index in [-0.39, 0.29) is 0 Å². The summed E-state index contributed by atoms with van der Waals surface area (Å²) < 4.78 is 0. The summed E-state index contributed by atoms with van der Waals surface area (Å²) in [6, 6.07) is 0. The Morgan fingerprint density at radius 2 is 2.44 bits per heavy atom. The number of hydrogen-bond donors (Lipinski definition) is 0. The smallest absolute Gasteiger partial charge is 0.0484 e. The third-order valence-corrected chi connectivity index (χ3v) is 2.68. The van der Waals surface area contributed by atoms with E-state index in [1.54, 1.807) is 0 Å². The van der Waals surface area contributed by atoms with Crippen molar-refractivity contribution in [1.29, 1.82) is 0 Å². The molecule has 0 amide bonds. The predicted octanol–water partition coefficient (Wildman–Crippen LogP) is 1.50. The van der Waals surface area contributed by atoms with Gasteiger partial charge in [0.1, 0.15) is 0 Å². The van der Waals surface area contributed by atoms with Gasteiger partial charge in [0, 0.05) is 23.8 Å². The summed E-state index contributed by atoms with van der Waals surface area (Å²) in [7, 11) is 0. The van der Waals surface area contributed by atoms with Gasteiger partial charge in [-0.3, -0.25) is 4.99 Å². The Morgan fingerprint density at radius 3 is 3.33 bits per heavy atom. The summed E-state index contributed by atoms with van der Waals surface area (Å²) >= 11 is 1.98. The van der Waals surface area contributed by atoms with Crippen LogP contribution in [0, 0.1) is 0 Å². The largest absolute Gasteiger partial charge is 0.288 e. The van der Waals surface area contributed by atoms with Gasteiger partial charge >= 0.3 is 0 Å². The summed E-state index contributed by atoms with van der Waals surface area (Å²) in [6.07, 6.45) is 3.50. The maximum Gasteiger partial charge on any atom is 0.0484 e. The first-order chi connectivity index (χ1) is 4.47. The van der Waals surface area contributed by atoms with E-state index >= 15 is 0 Å². The van der Waals surface area contributed by atoms with Crippen LogP contribution in [0.5, 0.6) is 0 Å². The molecule has 0 N–H and O–H groups in total. The monoisotopic (exact) mass is 139 g/mol. The van der Waals surface area contributed by atoms with E-state index in [4.69, 9.17) is 0 Å². The number of aliphatic imine (C=N–C) groups is 1. The SMILES string of the molecule is C1=C2CSCC2=NCC1. The molecule has 0 unspecified atom stereocenters. The maximum absolute atomic E-state index is 4.42. The lowest BCUT2D eigenvalue weighted by molar-refractivity contribution is 0.981. The van der Waals surface area contributed by atoms with E-state index in [2.05, 4.69) is 11.1 Å². The normalized spacial score (nSPS) is 24.9. The molecule has 0 radical (unpaired) electrons. The zero-order valence-corrected chi connectivity index (χ0v) is 6.08. The second-order valence-electron chi connectivity index (χ2n) is 2.34. The van der Waals surface area contributed by atoms with Crippen LogP contribution in [-0.4, -0.2) is 23.8 Å². The zero-order chi connectivity index (χ0) is 6.10. The molecule has 9 heavy (non-hydrogen) atoms. The Labute approximate surface area is 59.2 Å². The average molecular weight is 139 g/mol. The third-order valence-electron chi connectivity index (χ3n) is 1.69. The molecule has 1 saturated heterocycles. The van der Waals surface area contributed by atoms with E-state index < -0.39 is 0 Å². The zero-order valence-electron chi connectivity index (χ0n) is 5.26. The van der Waals surface area contributed by atoms with E-state index in [1.165, 1.54) is 23.5 Å². The maximum atomic E-state index is 4.42. The molecule has 0 aromatic heterocycles. The number of hydrogen-bond acceptors (Lipinski definition) is 2. The highest BCUT2D eigenvalue weighted by molar-refractivity contribution is 8.00. The fourth-order valence-corrected chi connectivity index (χ4v) is 2.27. The minimum absolute atomic E-state index is 1.03. The van der Waals surface area contributed by atoms with Crippen molar-refractivity contribution >= 4 is 17.5 Å². The van der Waals surface area contributed by atoms with Crippen LogP contribution in [0.4, 0.5) is 0 Å². The van der Waals surface area contributed by atoms with Gasteiger partial charge in [0.15, 0.2) is 0 Å². The Morgan fingerprint density at radius 1 is 1.44 bits per heavy atom. The summed E-state index contributed by atoms with van der Waals surface area (Å²) in [5.41, 5.74) is 2.87. The van der Waals surface area contributed by atoms with Gasteiger partial charge in [-0.15, -0.1) is 0 Å². The molecule has 2 heterocycles. The Hall–Kier alpha value is -0.240. The summed E-state index contributed by atoms with van der Waals surface area (Å²) in [4.78, 5) is 4.42. The van der Waals surface area contributed by atoms with Crippen molar-refractivity contribution in [3.05, 3.63) is 11.6 Å². The van der Waals surface area contributed by atoms with Crippen molar-refractivity contribution in [2.24, 2.45) is 4.99 Å². The van der Waals surface area contributed by atoms with Crippen LogP contribution in [0.1, 0.15) is 6.42 Å². The number of dihydropyridines is 1. The molecule has 2 heteroatoms. The van der Waals surface area contributed by atoms with Gasteiger partial charge in [0.25, 0.3) is 0 Å². The predicted molar refractivity (Wildman–Crippen MR) is 42.3 cm³/mol. The van der Waals surface area contributed by atoms with E-state index in [0.29, 0.717) is 0 Å². The lowest BCUT2D eigenvalue weighted by Crippen LogP contribution is -2.04. The highest BCUT2D eigenvalue weighted by atomic mass is 32.2. The molecule has 0 aromatic rings. The number of thioether (sulfide) groups is 1. The molecular weight excluding hydrogens is 130 g/mol. The molecule has 0 aromatic carbocycles. The summed E-state index contributed by atoms with van der Waals surface area (Å²) in [5.74, 6) is 2.37. The highest BCUT2D eigenvalue weighted by Gasteiger charge is 2.16. The van der Waals surface area contributed by atoms with Crippen molar-refractivity contribution in [2.75, 3.05) is 18.1 Å². The Bertz CT molecular complexity index is 161. The lowest BCUT2D eigenvalue weighted by atomic mass is 10.1. The third kappa shape index (κ3) is 0.917. The Kier molecular flexibility index (Phi) is 1.34. The van der Waals surface area contributed by atoms with Crippen molar-refractivity contribution in [1.82, 2.24) is 0 Å². The average Bonchev–Trinajstić information content (AvgIpc) is 2.33. The van der Waals surface area contributed by atoms with Crippen LogP contribution in [0.2, 0.25) is 0 Å². The molecule has 1 fully saturated rings. The summed E-state index contributed by atoms with van der Waals surface area (Å²) in [5, 5.41) is 0. The van der Waals surface area contributed by atoms with Crippen molar-refractivity contribution < 1.29 is 0 Å². The molecule has 0 saturated carbocycles. The van der Waals surface area contributed by atoms with Crippen molar-refractivity contribution in [3.63, 3.8) is 0 Å². The molecule has 0 spiro atoms. The van der Waals surface area contributed by atoms with Crippen molar-refractivity contribution in [2.45, 2.75) is 6.42 Å². The first-order valence-corrected chi connectivity index (χ1v) is 4.43. The molecule has 2 aliphatic heterocycles. The van der Waals surface area contributed by atoms with Gasteiger partial charge in [-0.25, -0.2) is 0 Å². The molecular formula is C7H9NS. The van der Waals surface area contributed by atoms with E-state index in [0.717, 1.165) is 12.3 Å². The van der Waals surface area contributed by atoms with Gasteiger partial charge in [-0.05, 0) is 12.0 Å². The molecule has 1 nitrogen and oxygen atoms in total. The van der Waals surface area contributed by atoms with E-state index in [1.807, 2.05) is 11.8 Å². The van der Waals surface area contributed by atoms with Crippen LogP contribution in [0.25, 0.3) is 0 Å². The van der Waals surface area contributed by atoms with Gasteiger partial charge in [-0.2, -0.15) is 11.8 Å². The van der Waals surface area contributed by atoms with Gasteiger partial charge in [-0.1, -0.05) is 6.08 Å². The molecule has 2 aliphatic rings. The first-order valence-electron chi connectivity index (χ1n) is 3.27. The van der Waals surface area contributed by atoms with Crippen molar-refractivity contribution in [3.8, 4) is 0 Å². The highest BCUT2D eigenvalue weighted by Crippen LogP contribution is 2.23. The molecule has 0 atom stereocenters. The minimum Gasteiger partial charge on any atom is -0.288 e. The molecule has 0 bridgehead atoms. The van der Waals surface area contributed by atoms with Gasteiger partial charge in [0.2, 0.25) is 0 Å². The van der Waals surface area contributed by atoms with Crippen LogP contribution in [-0.2, 0) is 0 Å². The van der Waals surface area contributed by atoms with Crippen LogP contribution in [0.3, 0.4) is 0 Å². The topological polar surface area (TPSA) is 12.4 Å². The van der Waals surface area contributed by atoms with Crippen LogP contribution >= 0.6 is 11.8 Å². The summed E-state index contributed by atoms with van der Waals surface area (Å²) in [6.45, 7) is 1.03. The second kappa shape index (κ2) is 2.18. The second-order valence-corrected chi connectivity index (χ2v) is 3.32. The number of rotatable bonds is 0. The standard InChI is InChI=1S/C7H9NS/c1-2-6-4-9-5-7(6)8-3-1/h2H,1,3-5H2. The minimum atomic E-state index is 1.03. The van der Waals surface area contributed by atoms with Gasteiger partial charge < -0.3 is 0 Å². The van der Waals surface area contributed by atoms with Crippen LogP contribution in [0.15, 0.2) is 16.6 Å². The van der Waals surface area contributed by atoms with Crippen LogP contribution < -0.4 is 0 Å². The molecule has 0 aliphatic carbocycles. The Balaban J connectivity index is 2.30. The number of nitrogens with zero attached hydrogens (tertiary/aromatic N) is 1. The number of fused-ring (bicyclic) bond motifs is 1. The fourth-order valence-electron chi connectivity index (χ4n) is 1.20.